The number of amides is 4. The molecule has 0 saturated carbocycles. The molecule has 4 amide bonds. The van der Waals surface area contributed by atoms with Gasteiger partial charge in [-0.15, -0.1) is 0 Å². The zero-order chi connectivity index (χ0) is 12.5. The van der Waals surface area contributed by atoms with Crippen molar-refractivity contribution in [2.75, 3.05) is 0 Å². The minimum Gasteiger partial charge on any atom is -1.00 e. The third-order valence-electron chi connectivity index (χ3n) is 3.03. The summed E-state index contributed by atoms with van der Waals surface area (Å²) in [6.45, 7) is 1.74. The molecule has 0 unspecified atom stereocenters. The number of carbonyl (C=O) groups is 3. The monoisotopic (exact) mass is 393 g/mol. The zero-order valence-electron chi connectivity index (χ0n) is 10.8. The van der Waals surface area contributed by atoms with Gasteiger partial charge in [-0.3, -0.25) is 20.2 Å². The van der Waals surface area contributed by atoms with Crippen LogP contribution in [0.2, 0.25) is 0 Å². The van der Waals surface area contributed by atoms with Gasteiger partial charge >= 0.3 is 23.1 Å². The van der Waals surface area contributed by atoms with Gasteiger partial charge in [0.1, 0.15) is 0 Å². The van der Waals surface area contributed by atoms with E-state index in [0.717, 1.165) is 0 Å². The van der Waals surface area contributed by atoms with Crippen molar-refractivity contribution in [1.82, 2.24) is 10.6 Å². The van der Waals surface area contributed by atoms with Crippen molar-refractivity contribution < 1.29 is 68.7 Å². The first-order chi connectivity index (χ1) is 8.11. The van der Waals surface area contributed by atoms with Gasteiger partial charge in [-0.2, -0.15) is 0 Å². The first-order valence-electron chi connectivity index (χ1n) is 5.33. The van der Waals surface area contributed by atoms with E-state index in [0.29, 0.717) is 12.0 Å². The zero-order valence-corrected chi connectivity index (χ0v) is 14.2. The number of rotatable bonds is 2. The van der Waals surface area contributed by atoms with Crippen LogP contribution in [0.1, 0.15) is 18.9 Å². The van der Waals surface area contributed by atoms with Gasteiger partial charge in [-0.25, -0.2) is 4.79 Å². The Morgan fingerprint density at radius 3 is 1.71 bits per heavy atom. The first-order valence-corrected chi connectivity index (χ1v) is 5.33. The third-order valence-corrected chi connectivity index (χ3v) is 3.03. The van der Waals surface area contributed by atoms with Crippen LogP contribution in [0.3, 0.4) is 0 Å². The number of hydrogen-bond acceptors (Lipinski definition) is 3. The van der Waals surface area contributed by atoms with Gasteiger partial charge in [0.15, 0.2) is 5.41 Å². The Balaban J connectivity index is -0.000000810. The van der Waals surface area contributed by atoms with Crippen molar-refractivity contribution in [2.24, 2.45) is 0 Å². The first kappa shape index (κ1) is 25.2. The van der Waals surface area contributed by atoms with Crippen LogP contribution in [-0.4, -0.2) is 17.8 Å². The third kappa shape index (κ3) is 4.34. The minimum atomic E-state index is -1.31. The van der Waals surface area contributed by atoms with Crippen molar-refractivity contribution >= 4 is 17.8 Å². The molecule has 21 heavy (non-hydrogen) atoms. The fourth-order valence-corrected chi connectivity index (χ4v) is 2.06. The maximum atomic E-state index is 12.0. The van der Waals surface area contributed by atoms with E-state index in [4.69, 9.17) is 0 Å². The molecule has 9 heteroatoms. The van der Waals surface area contributed by atoms with Gasteiger partial charge in [0.2, 0.25) is 11.8 Å². The van der Waals surface area contributed by atoms with E-state index in [1.54, 1.807) is 37.3 Å². The second kappa shape index (κ2) is 10.0. The van der Waals surface area contributed by atoms with E-state index in [1.807, 2.05) is 0 Å². The SMILES string of the molecule is CCC1(c2ccccc2)C(=O)NC(=O)NC1=O.[Cl-].[Cl-].[Cl-].[Fe+3]. The van der Waals surface area contributed by atoms with Crippen LogP contribution in [0.5, 0.6) is 0 Å². The Labute approximate surface area is 151 Å². The Morgan fingerprint density at radius 1 is 0.905 bits per heavy atom. The molecular formula is C12H12Cl3FeN2O3. The van der Waals surface area contributed by atoms with Crippen LogP contribution in [0.4, 0.5) is 4.79 Å². The Hall–Kier alpha value is -0.781. The van der Waals surface area contributed by atoms with E-state index >= 15 is 0 Å². The smallest absolute Gasteiger partial charge is 1.00 e. The van der Waals surface area contributed by atoms with Gasteiger partial charge in [0.25, 0.3) is 0 Å². The van der Waals surface area contributed by atoms with Gasteiger partial charge in [-0.1, -0.05) is 37.3 Å². The number of urea groups is 1. The van der Waals surface area contributed by atoms with Crippen LogP contribution in [0.15, 0.2) is 30.3 Å². The maximum absolute atomic E-state index is 12.0. The van der Waals surface area contributed by atoms with Gasteiger partial charge in [0, 0.05) is 0 Å². The van der Waals surface area contributed by atoms with Crippen LogP contribution < -0.4 is 47.9 Å². The molecule has 1 fully saturated rings. The van der Waals surface area contributed by atoms with E-state index in [-0.39, 0.29) is 54.3 Å². The standard InChI is InChI=1S/C12H12N2O3.3ClH.Fe/c1-2-12(8-6-4-3-5-7-8)9(15)13-11(17)14-10(12)16;;;;/h3-7H,2H2,1H3,(H2,13,14,15,16,17);3*1H;/q;;;;+3/p-3. The molecule has 1 aromatic carbocycles. The van der Waals surface area contributed by atoms with Crippen molar-refractivity contribution in [2.45, 2.75) is 18.8 Å². The molecule has 0 atom stereocenters. The molecule has 2 rings (SSSR count). The van der Waals surface area contributed by atoms with Crippen molar-refractivity contribution in [1.29, 1.82) is 0 Å². The summed E-state index contributed by atoms with van der Waals surface area (Å²) >= 11 is 0. The molecule has 0 bridgehead atoms. The molecule has 1 saturated heterocycles. The van der Waals surface area contributed by atoms with Crippen molar-refractivity contribution in [3.05, 3.63) is 35.9 Å². The number of barbiturate groups is 1. The van der Waals surface area contributed by atoms with Crippen molar-refractivity contribution in [3.8, 4) is 0 Å². The van der Waals surface area contributed by atoms with Gasteiger partial charge < -0.3 is 37.2 Å². The van der Waals surface area contributed by atoms with E-state index in [1.165, 1.54) is 0 Å². The average molecular weight is 394 g/mol. The topological polar surface area (TPSA) is 75.3 Å². The summed E-state index contributed by atoms with van der Waals surface area (Å²) < 4.78 is 0. The number of hydrogen-bond donors (Lipinski definition) is 2. The van der Waals surface area contributed by atoms with Gasteiger partial charge in [0.05, 0.1) is 0 Å². The number of imide groups is 2. The van der Waals surface area contributed by atoms with E-state index in [2.05, 4.69) is 10.6 Å². The molecule has 117 valence electrons. The molecule has 1 heterocycles. The molecule has 5 nitrogen and oxygen atoms in total. The van der Waals surface area contributed by atoms with Gasteiger partial charge in [-0.05, 0) is 12.0 Å². The summed E-state index contributed by atoms with van der Waals surface area (Å²) in [5.74, 6) is -1.14. The van der Waals surface area contributed by atoms with Crippen LogP contribution in [0.25, 0.3) is 0 Å². The Morgan fingerprint density at radius 2 is 1.33 bits per heavy atom. The second-order valence-electron chi connectivity index (χ2n) is 3.86. The number of halogens is 3. The summed E-state index contributed by atoms with van der Waals surface area (Å²) in [4.78, 5) is 35.0. The normalized spacial score (nSPS) is 15.0. The molecule has 0 spiro atoms. The largest absolute Gasteiger partial charge is 3.00 e. The summed E-state index contributed by atoms with van der Waals surface area (Å²) in [6.07, 6.45) is 0.294. The van der Waals surface area contributed by atoms with Crippen LogP contribution in [-0.2, 0) is 32.1 Å². The molecule has 1 aromatic rings. The van der Waals surface area contributed by atoms with E-state index < -0.39 is 23.3 Å². The van der Waals surface area contributed by atoms with Crippen molar-refractivity contribution in [3.63, 3.8) is 0 Å². The maximum Gasteiger partial charge on any atom is 3.00 e. The predicted octanol–water partition coefficient (Wildman–Crippen LogP) is -8.29. The molecule has 2 N–H and O–H groups in total. The van der Waals surface area contributed by atoms with Crippen LogP contribution >= 0.6 is 0 Å². The molecular weight excluding hydrogens is 382 g/mol. The molecule has 0 aliphatic carbocycles. The summed E-state index contributed by atoms with van der Waals surface area (Å²) in [7, 11) is 0. The van der Waals surface area contributed by atoms with E-state index in [9.17, 15) is 14.4 Å². The quantitative estimate of drug-likeness (QED) is 0.387. The summed E-state index contributed by atoms with van der Waals surface area (Å²) in [5.41, 5.74) is -0.722. The number of carbonyl (C=O) groups excluding carboxylic acids is 3. The fourth-order valence-electron chi connectivity index (χ4n) is 2.06. The molecule has 1 aliphatic rings. The predicted molar refractivity (Wildman–Crippen MR) is 60.1 cm³/mol. The minimum absolute atomic E-state index is 0. The molecule has 0 aromatic heterocycles. The Kier molecular flexibility index (Phi) is 12.0. The summed E-state index contributed by atoms with van der Waals surface area (Å²) in [6, 6.07) is 7.96. The molecule has 1 aliphatic heterocycles. The fraction of sp³-hybridized carbons (Fsp3) is 0.250. The number of benzene rings is 1. The second-order valence-corrected chi connectivity index (χ2v) is 3.86. The summed E-state index contributed by atoms with van der Waals surface area (Å²) in [5, 5.41) is 4.28. The number of nitrogens with one attached hydrogen (secondary N) is 2. The molecule has 1 radical (unpaired) electrons. The van der Waals surface area contributed by atoms with Crippen LogP contribution in [0, 0.1) is 0 Å². The Bertz CT molecular complexity index is 480. The average Bonchev–Trinajstić information content (AvgIpc) is 2.30.